The number of aliphatic imine (C=N–C) groups is 1. The molecule has 2 aromatic carbocycles. The van der Waals surface area contributed by atoms with Crippen molar-refractivity contribution in [2.45, 2.75) is 6.18 Å². The lowest BCUT2D eigenvalue weighted by Gasteiger charge is -2.27. The zero-order chi connectivity index (χ0) is 23.6. The summed E-state index contributed by atoms with van der Waals surface area (Å²) in [6.07, 6.45) is -3.33. The number of nitriles is 1. The molecule has 4 rings (SSSR count). The standard InChI is InChI=1S/C22H15F4N3O3S/c23-16-10-13(11-19-20(30)28-21(33-19)29-5-7-31-8-6-29)1-4-18(16)32-17-3-2-14(12-27)9-15(17)22(24,25)26/h1-4,9-11H,5-8H2/b19-11+. The Bertz CT molecular complexity index is 1200. The largest absolute Gasteiger partial charge is 0.454 e. The van der Waals surface area contributed by atoms with E-state index >= 15 is 0 Å². The second-order valence-corrected chi connectivity index (χ2v) is 8.03. The van der Waals surface area contributed by atoms with Crippen LogP contribution in [-0.4, -0.2) is 42.3 Å². The van der Waals surface area contributed by atoms with Crippen molar-refractivity contribution in [2.75, 3.05) is 26.3 Å². The van der Waals surface area contributed by atoms with Crippen LogP contribution in [0.3, 0.4) is 0 Å². The molecule has 2 aliphatic rings. The Labute approximate surface area is 190 Å². The number of rotatable bonds is 3. The van der Waals surface area contributed by atoms with Gasteiger partial charge < -0.3 is 14.4 Å². The first kappa shape index (κ1) is 22.8. The molecular formula is C22H15F4N3O3S. The molecule has 2 aromatic rings. The molecule has 1 fully saturated rings. The highest BCUT2D eigenvalue weighted by Gasteiger charge is 2.35. The van der Waals surface area contributed by atoms with E-state index in [9.17, 15) is 22.4 Å². The number of thioether (sulfide) groups is 1. The number of benzene rings is 2. The van der Waals surface area contributed by atoms with Crippen molar-refractivity contribution in [1.82, 2.24) is 4.90 Å². The number of carbonyl (C=O) groups excluding carboxylic acids is 1. The van der Waals surface area contributed by atoms with Gasteiger partial charge in [0.2, 0.25) is 0 Å². The summed E-state index contributed by atoms with van der Waals surface area (Å²) >= 11 is 1.17. The van der Waals surface area contributed by atoms with Crippen LogP contribution in [0.5, 0.6) is 11.5 Å². The molecule has 33 heavy (non-hydrogen) atoms. The summed E-state index contributed by atoms with van der Waals surface area (Å²) in [7, 11) is 0. The fourth-order valence-corrected chi connectivity index (χ4v) is 4.12. The van der Waals surface area contributed by atoms with Crippen LogP contribution in [-0.2, 0) is 15.7 Å². The summed E-state index contributed by atoms with van der Waals surface area (Å²) in [5.74, 6) is -2.42. The van der Waals surface area contributed by atoms with Gasteiger partial charge in [0.05, 0.1) is 35.3 Å². The third-order valence-corrected chi connectivity index (χ3v) is 5.82. The quantitative estimate of drug-likeness (QED) is 0.467. The molecule has 0 unspecified atom stereocenters. The molecule has 1 amide bonds. The van der Waals surface area contributed by atoms with Gasteiger partial charge in [-0.05, 0) is 53.7 Å². The van der Waals surface area contributed by atoms with Gasteiger partial charge in [0.1, 0.15) is 5.75 Å². The number of halogens is 4. The van der Waals surface area contributed by atoms with Gasteiger partial charge in [-0.15, -0.1) is 0 Å². The summed E-state index contributed by atoms with van der Waals surface area (Å²) in [6, 6.07) is 8.03. The monoisotopic (exact) mass is 477 g/mol. The van der Waals surface area contributed by atoms with E-state index in [0.717, 1.165) is 18.2 Å². The molecule has 0 aromatic heterocycles. The summed E-state index contributed by atoms with van der Waals surface area (Å²) in [4.78, 5) is 18.5. The van der Waals surface area contributed by atoms with Crippen LogP contribution < -0.4 is 4.74 Å². The lowest BCUT2D eigenvalue weighted by atomic mass is 10.1. The van der Waals surface area contributed by atoms with Crippen LogP contribution in [0.1, 0.15) is 16.7 Å². The number of morpholine rings is 1. The molecule has 11 heteroatoms. The minimum atomic E-state index is -4.79. The normalized spacial score (nSPS) is 17.8. The predicted octanol–water partition coefficient (Wildman–Crippen LogP) is 4.81. The van der Waals surface area contributed by atoms with Crippen LogP contribution in [0.25, 0.3) is 6.08 Å². The smallest absolute Gasteiger partial charge is 0.420 e. The van der Waals surface area contributed by atoms with Crippen molar-refractivity contribution in [3.63, 3.8) is 0 Å². The number of amidine groups is 1. The zero-order valence-corrected chi connectivity index (χ0v) is 17.7. The molecule has 2 heterocycles. The molecular weight excluding hydrogens is 462 g/mol. The van der Waals surface area contributed by atoms with Crippen LogP contribution in [0.4, 0.5) is 17.6 Å². The Kier molecular flexibility index (Phi) is 6.40. The Hall–Kier alpha value is -3.36. The van der Waals surface area contributed by atoms with Crippen molar-refractivity contribution in [3.05, 3.63) is 63.8 Å². The summed E-state index contributed by atoms with van der Waals surface area (Å²) < 4.78 is 65.0. The number of hydrogen-bond donors (Lipinski definition) is 0. The minimum absolute atomic E-state index is 0.200. The van der Waals surface area contributed by atoms with E-state index in [1.165, 1.54) is 30.0 Å². The fraction of sp³-hybridized carbons (Fsp3) is 0.227. The van der Waals surface area contributed by atoms with Crippen LogP contribution >= 0.6 is 11.8 Å². The molecule has 0 aliphatic carbocycles. The maximum atomic E-state index is 14.6. The number of ether oxygens (including phenoxy) is 2. The van der Waals surface area contributed by atoms with E-state index in [-0.39, 0.29) is 5.56 Å². The summed E-state index contributed by atoms with van der Waals surface area (Å²) in [5, 5.41) is 9.39. The number of alkyl halides is 3. The van der Waals surface area contributed by atoms with E-state index in [4.69, 9.17) is 14.7 Å². The molecule has 170 valence electrons. The molecule has 2 aliphatic heterocycles. The molecule has 1 saturated heterocycles. The lowest BCUT2D eigenvalue weighted by molar-refractivity contribution is -0.138. The van der Waals surface area contributed by atoms with Gasteiger partial charge in [0.15, 0.2) is 16.7 Å². The van der Waals surface area contributed by atoms with E-state index in [1.54, 1.807) is 6.07 Å². The first-order valence-corrected chi connectivity index (χ1v) is 10.5. The Balaban J connectivity index is 1.53. The molecule has 0 atom stereocenters. The van der Waals surface area contributed by atoms with Gasteiger partial charge in [0, 0.05) is 13.1 Å². The van der Waals surface area contributed by atoms with Crippen LogP contribution in [0.2, 0.25) is 0 Å². The minimum Gasteiger partial charge on any atom is -0.454 e. The molecule has 0 radical (unpaired) electrons. The van der Waals surface area contributed by atoms with Crippen molar-refractivity contribution in [3.8, 4) is 17.6 Å². The molecule has 0 saturated carbocycles. The van der Waals surface area contributed by atoms with Crippen molar-refractivity contribution in [2.24, 2.45) is 4.99 Å². The van der Waals surface area contributed by atoms with E-state index in [2.05, 4.69) is 4.99 Å². The molecule has 0 bridgehead atoms. The third kappa shape index (κ3) is 5.18. The number of nitrogens with zero attached hydrogens (tertiary/aromatic N) is 3. The second kappa shape index (κ2) is 9.25. The van der Waals surface area contributed by atoms with Gasteiger partial charge in [-0.3, -0.25) is 4.79 Å². The first-order valence-electron chi connectivity index (χ1n) is 9.68. The van der Waals surface area contributed by atoms with E-state index in [0.29, 0.717) is 48.0 Å². The molecule has 6 nitrogen and oxygen atoms in total. The highest BCUT2D eigenvalue weighted by molar-refractivity contribution is 8.18. The predicted molar refractivity (Wildman–Crippen MR) is 113 cm³/mol. The topological polar surface area (TPSA) is 74.9 Å². The maximum absolute atomic E-state index is 14.6. The summed E-state index contributed by atoms with van der Waals surface area (Å²) in [5.41, 5.74) is -1.06. The maximum Gasteiger partial charge on any atom is 0.420 e. The Morgan fingerprint density at radius 2 is 1.88 bits per heavy atom. The van der Waals surface area contributed by atoms with Crippen LogP contribution in [0, 0.1) is 17.1 Å². The van der Waals surface area contributed by atoms with Crippen molar-refractivity contribution >= 4 is 28.9 Å². The van der Waals surface area contributed by atoms with Crippen molar-refractivity contribution < 1.29 is 31.8 Å². The van der Waals surface area contributed by atoms with Gasteiger partial charge in [-0.1, -0.05) is 6.07 Å². The second-order valence-electron chi connectivity index (χ2n) is 7.02. The first-order chi connectivity index (χ1) is 15.7. The van der Waals surface area contributed by atoms with Gasteiger partial charge in [0.25, 0.3) is 5.91 Å². The number of carbonyl (C=O) groups is 1. The SMILES string of the molecule is N#Cc1ccc(Oc2ccc(/C=C3/SC(N4CCOCC4)=NC3=O)cc2F)c(C(F)(F)F)c1. The van der Waals surface area contributed by atoms with Gasteiger partial charge >= 0.3 is 6.18 Å². The molecule has 0 N–H and O–H groups in total. The Morgan fingerprint density at radius 3 is 2.55 bits per heavy atom. The molecule has 0 spiro atoms. The van der Waals surface area contributed by atoms with E-state index < -0.39 is 35.0 Å². The zero-order valence-electron chi connectivity index (χ0n) is 16.9. The van der Waals surface area contributed by atoms with Gasteiger partial charge in [-0.25, -0.2) is 4.39 Å². The lowest BCUT2D eigenvalue weighted by Crippen LogP contribution is -2.38. The Morgan fingerprint density at radius 1 is 1.15 bits per heavy atom. The van der Waals surface area contributed by atoms with E-state index in [1.807, 2.05) is 4.90 Å². The number of hydrogen-bond acceptors (Lipinski definition) is 6. The average Bonchev–Trinajstić information content (AvgIpc) is 3.16. The summed E-state index contributed by atoms with van der Waals surface area (Å²) in [6.45, 7) is 2.30. The highest BCUT2D eigenvalue weighted by atomic mass is 32.2. The number of amides is 1. The highest BCUT2D eigenvalue weighted by Crippen LogP contribution is 2.39. The van der Waals surface area contributed by atoms with Crippen molar-refractivity contribution in [1.29, 1.82) is 5.26 Å². The van der Waals surface area contributed by atoms with Crippen LogP contribution in [0.15, 0.2) is 46.3 Å². The average molecular weight is 477 g/mol. The van der Waals surface area contributed by atoms with Gasteiger partial charge in [-0.2, -0.15) is 23.4 Å². The fourth-order valence-electron chi connectivity index (χ4n) is 3.16. The third-order valence-electron chi connectivity index (χ3n) is 4.78.